The van der Waals surface area contributed by atoms with Crippen molar-refractivity contribution in [3.05, 3.63) is 17.7 Å². The molecule has 0 aromatic carbocycles. The van der Waals surface area contributed by atoms with Crippen molar-refractivity contribution in [1.82, 2.24) is 30.2 Å². The lowest BCUT2D eigenvalue weighted by molar-refractivity contribution is -0.122. The molecule has 25 heavy (non-hydrogen) atoms. The van der Waals surface area contributed by atoms with E-state index in [4.69, 9.17) is 4.42 Å². The van der Waals surface area contributed by atoms with E-state index in [0.29, 0.717) is 24.6 Å². The van der Waals surface area contributed by atoms with Crippen molar-refractivity contribution >= 4 is 5.91 Å². The van der Waals surface area contributed by atoms with Gasteiger partial charge in [0.05, 0.1) is 5.69 Å². The van der Waals surface area contributed by atoms with E-state index in [1.165, 1.54) is 0 Å². The molecule has 8 heteroatoms. The first kappa shape index (κ1) is 17.6. The van der Waals surface area contributed by atoms with E-state index in [9.17, 15) is 4.79 Å². The van der Waals surface area contributed by atoms with Crippen LogP contribution in [0.1, 0.15) is 37.8 Å². The Hall–Kier alpha value is -2.22. The molecule has 8 nitrogen and oxygen atoms in total. The Kier molecular flexibility index (Phi) is 5.47. The van der Waals surface area contributed by atoms with Gasteiger partial charge in [-0.1, -0.05) is 0 Å². The molecule has 0 saturated carbocycles. The molecule has 0 aliphatic carbocycles. The van der Waals surface area contributed by atoms with Gasteiger partial charge in [0.15, 0.2) is 0 Å². The Balaban J connectivity index is 1.52. The molecule has 3 rings (SSSR count). The summed E-state index contributed by atoms with van der Waals surface area (Å²) in [5.74, 6) is 0.979. The summed E-state index contributed by atoms with van der Waals surface area (Å²) in [5, 5.41) is 15.6. The summed E-state index contributed by atoms with van der Waals surface area (Å²) in [6, 6.07) is 2.21. The van der Waals surface area contributed by atoms with Crippen molar-refractivity contribution in [3.63, 3.8) is 0 Å². The minimum atomic E-state index is 0.0451. The molecular weight excluding hydrogens is 320 g/mol. The van der Waals surface area contributed by atoms with Gasteiger partial charge in [0.25, 0.3) is 5.89 Å². The van der Waals surface area contributed by atoms with Crippen LogP contribution in [0.25, 0.3) is 11.6 Å². The largest absolute Gasteiger partial charge is 0.419 e. The monoisotopic (exact) mass is 346 g/mol. The molecule has 2 aromatic rings. The summed E-state index contributed by atoms with van der Waals surface area (Å²) in [7, 11) is 2.11. The Morgan fingerprint density at radius 1 is 1.36 bits per heavy atom. The Labute approximate surface area is 147 Å². The maximum Gasteiger partial charge on any atom is 0.265 e. The SMILES string of the molecule is CCn1nc(C)cc1-c1nnc(CCC(=O)NC2CCN(C)CC2)o1. The highest BCUT2D eigenvalue weighted by molar-refractivity contribution is 5.76. The number of nitrogens with one attached hydrogen (secondary N) is 1. The zero-order chi connectivity index (χ0) is 17.8. The van der Waals surface area contributed by atoms with Gasteiger partial charge in [-0.3, -0.25) is 9.48 Å². The van der Waals surface area contributed by atoms with Crippen LogP contribution in [0.2, 0.25) is 0 Å². The lowest BCUT2D eigenvalue weighted by atomic mass is 10.1. The number of hydrogen-bond acceptors (Lipinski definition) is 6. The molecule has 3 heterocycles. The highest BCUT2D eigenvalue weighted by Gasteiger charge is 2.19. The van der Waals surface area contributed by atoms with Crippen LogP contribution in [0, 0.1) is 6.92 Å². The summed E-state index contributed by atoms with van der Waals surface area (Å²) >= 11 is 0. The number of aromatic nitrogens is 4. The second-order valence-electron chi connectivity index (χ2n) is 6.63. The van der Waals surface area contributed by atoms with Crippen molar-refractivity contribution in [2.24, 2.45) is 0 Å². The Morgan fingerprint density at radius 2 is 2.12 bits per heavy atom. The third kappa shape index (κ3) is 4.45. The molecule has 1 amide bonds. The molecule has 136 valence electrons. The van der Waals surface area contributed by atoms with E-state index in [1.54, 1.807) is 0 Å². The summed E-state index contributed by atoms with van der Waals surface area (Å²) in [6.45, 7) is 6.74. The van der Waals surface area contributed by atoms with Crippen LogP contribution in [-0.4, -0.2) is 57.0 Å². The number of rotatable bonds is 6. The number of nitrogens with zero attached hydrogens (tertiary/aromatic N) is 5. The van der Waals surface area contributed by atoms with Gasteiger partial charge in [-0.2, -0.15) is 5.10 Å². The zero-order valence-corrected chi connectivity index (χ0v) is 15.2. The number of likely N-dealkylation sites (tertiary alicyclic amines) is 1. The van der Waals surface area contributed by atoms with Crippen LogP contribution in [0.3, 0.4) is 0 Å². The number of hydrogen-bond donors (Lipinski definition) is 1. The smallest absolute Gasteiger partial charge is 0.265 e. The van der Waals surface area contributed by atoms with E-state index in [-0.39, 0.29) is 11.9 Å². The van der Waals surface area contributed by atoms with Crippen molar-refractivity contribution in [2.75, 3.05) is 20.1 Å². The lowest BCUT2D eigenvalue weighted by Gasteiger charge is -2.29. The fraction of sp³-hybridized carbons (Fsp3) is 0.647. The van der Waals surface area contributed by atoms with Crippen LogP contribution >= 0.6 is 0 Å². The van der Waals surface area contributed by atoms with Gasteiger partial charge in [-0.15, -0.1) is 10.2 Å². The third-order valence-corrected chi connectivity index (χ3v) is 4.54. The van der Waals surface area contributed by atoms with Crippen LogP contribution < -0.4 is 5.32 Å². The van der Waals surface area contributed by atoms with E-state index in [2.05, 4.69) is 32.6 Å². The highest BCUT2D eigenvalue weighted by atomic mass is 16.4. The first-order valence-electron chi connectivity index (χ1n) is 8.90. The molecule has 0 unspecified atom stereocenters. The topological polar surface area (TPSA) is 89.1 Å². The van der Waals surface area contributed by atoms with Crippen molar-refractivity contribution in [3.8, 4) is 11.6 Å². The van der Waals surface area contributed by atoms with E-state index >= 15 is 0 Å². The van der Waals surface area contributed by atoms with Gasteiger partial charge in [-0.05, 0) is 52.9 Å². The first-order valence-corrected chi connectivity index (χ1v) is 8.90. The van der Waals surface area contributed by atoms with Crippen molar-refractivity contribution in [1.29, 1.82) is 0 Å². The minimum absolute atomic E-state index is 0.0451. The highest BCUT2D eigenvalue weighted by Crippen LogP contribution is 2.19. The fourth-order valence-electron chi connectivity index (χ4n) is 3.09. The van der Waals surface area contributed by atoms with Gasteiger partial charge in [0.2, 0.25) is 11.8 Å². The maximum atomic E-state index is 12.1. The summed E-state index contributed by atoms with van der Waals surface area (Å²) in [4.78, 5) is 14.4. The number of carbonyl (C=O) groups is 1. The molecule has 1 fully saturated rings. The predicted molar refractivity (Wildman–Crippen MR) is 92.9 cm³/mol. The van der Waals surface area contributed by atoms with Gasteiger partial charge < -0.3 is 14.6 Å². The van der Waals surface area contributed by atoms with Crippen molar-refractivity contribution in [2.45, 2.75) is 52.1 Å². The zero-order valence-electron chi connectivity index (χ0n) is 15.2. The molecule has 0 bridgehead atoms. The average molecular weight is 346 g/mol. The molecule has 0 atom stereocenters. The Morgan fingerprint density at radius 3 is 2.84 bits per heavy atom. The quantitative estimate of drug-likeness (QED) is 0.850. The summed E-state index contributed by atoms with van der Waals surface area (Å²) < 4.78 is 7.54. The van der Waals surface area contributed by atoms with Crippen LogP contribution in [0.15, 0.2) is 10.5 Å². The second-order valence-corrected chi connectivity index (χ2v) is 6.63. The normalized spacial score (nSPS) is 16.3. The first-order chi connectivity index (χ1) is 12.0. The molecule has 1 aliphatic rings. The average Bonchev–Trinajstić information content (AvgIpc) is 3.21. The molecule has 0 spiro atoms. The molecule has 1 aliphatic heterocycles. The second kappa shape index (κ2) is 7.77. The van der Waals surface area contributed by atoms with E-state index in [1.807, 2.05) is 24.6 Å². The third-order valence-electron chi connectivity index (χ3n) is 4.54. The number of carbonyl (C=O) groups excluding carboxylic acids is 1. The van der Waals surface area contributed by atoms with E-state index < -0.39 is 0 Å². The number of piperidine rings is 1. The summed E-state index contributed by atoms with van der Waals surface area (Å²) in [6.07, 6.45) is 2.82. The number of aryl methyl sites for hydroxylation is 3. The van der Waals surface area contributed by atoms with Crippen LogP contribution in [0.4, 0.5) is 0 Å². The summed E-state index contributed by atoms with van der Waals surface area (Å²) in [5.41, 5.74) is 1.73. The maximum absolute atomic E-state index is 12.1. The van der Waals surface area contributed by atoms with Crippen molar-refractivity contribution < 1.29 is 9.21 Å². The molecule has 2 aromatic heterocycles. The predicted octanol–water partition coefficient (Wildman–Crippen LogP) is 1.40. The fourth-order valence-corrected chi connectivity index (χ4v) is 3.09. The molecule has 1 saturated heterocycles. The standard InChI is InChI=1S/C17H26N6O2/c1-4-23-14(11-12(2)21-23)17-20-19-16(25-17)6-5-15(24)18-13-7-9-22(3)10-8-13/h11,13H,4-10H2,1-3H3,(H,18,24). The van der Waals surface area contributed by atoms with Gasteiger partial charge in [0, 0.05) is 25.4 Å². The van der Waals surface area contributed by atoms with Crippen LogP contribution in [0.5, 0.6) is 0 Å². The van der Waals surface area contributed by atoms with Gasteiger partial charge in [-0.25, -0.2) is 0 Å². The molecule has 1 N–H and O–H groups in total. The van der Waals surface area contributed by atoms with Crippen LogP contribution in [-0.2, 0) is 17.8 Å². The Bertz CT molecular complexity index is 715. The number of amides is 1. The van der Waals surface area contributed by atoms with Gasteiger partial charge in [0.1, 0.15) is 5.69 Å². The molecular formula is C17H26N6O2. The molecule has 0 radical (unpaired) electrons. The lowest BCUT2D eigenvalue weighted by Crippen LogP contribution is -2.43. The van der Waals surface area contributed by atoms with Gasteiger partial charge >= 0.3 is 0 Å². The van der Waals surface area contributed by atoms with E-state index in [0.717, 1.165) is 43.9 Å². The minimum Gasteiger partial charge on any atom is -0.419 e.